The Balaban J connectivity index is 0.00000106. The quantitative estimate of drug-likeness (QED) is 0.614. The van der Waals surface area contributed by atoms with Crippen LogP contribution in [-0.2, 0) is 12.6 Å². The summed E-state index contributed by atoms with van der Waals surface area (Å²) in [5.74, 6) is -1.33. The Morgan fingerprint density at radius 3 is 2.06 bits per heavy atom. The van der Waals surface area contributed by atoms with Crippen molar-refractivity contribution in [2.24, 2.45) is 0 Å². The number of rotatable bonds is 1. The highest BCUT2D eigenvalue weighted by Gasteiger charge is 2.34. The Kier molecular flexibility index (Phi) is 5.79. The summed E-state index contributed by atoms with van der Waals surface area (Å²) in [6, 6.07) is 1.45. The average Bonchev–Trinajstić information content (AvgIpc) is 2.19. The largest absolute Gasteiger partial charge is 0.419 e. The van der Waals surface area contributed by atoms with Gasteiger partial charge in [-0.1, -0.05) is 32.4 Å². The van der Waals surface area contributed by atoms with Crippen LogP contribution in [-0.4, -0.2) is 0 Å². The van der Waals surface area contributed by atoms with Crippen LogP contribution in [0, 0.1) is 5.82 Å². The second-order valence-electron chi connectivity index (χ2n) is 2.77. The van der Waals surface area contributed by atoms with Crippen molar-refractivity contribution in [1.29, 1.82) is 0 Å². The molecule has 0 aromatic heterocycles. The van der Waals surface area contributed by atoms with Gasteiger partial charge in [0.05, 0.1) is 5.56 Å². The van der Waals surface area contributed by atoms with Crippen molar-refractivity contribution in [3.05, 3.63) is 34.1 Å². The topological polar surface area (TPSA) is 0 Å². The van der Waals surface area contributed by atoms with Crippen molar-refractivity contribution in [3.63, 3.8) is 0 Å². The zero-order valence-corrected chi connectivity index (χ0v) is 10.0. The third-order valence-electron chi connectivity index (χ3n) is 1.82. The molecule has 0 amide bonds. The maximum Gasteiger partial charge on any atom is 0.419 e. The number of halogens is 5. The number of aryl methyl sites for hydroxylation is 1. The molecule has 0 bridgehead atoms. The van der Waals surface area contributed by atoms with Gasteiger partial charge in [-0.15, -0.1) is 0 Å². The molecule has 0 fully saturated rings. The van der Waals surface area contributed by atoms with E-state index < -0.39 is 17.6 Å². The van der Waals surface area contributed by atoms with Gasteiger partial charge >= 0.3 is 6.18 Å². The number of alkyl halides is 3. The van der Waals surface area contributed by atoms with Crippen LogP contribution in [0.15, 0.2) is 12.1 Å². The van der Waals surface area contributed by atoms with Crippen LogP contribution < -0.4 is 0 Å². The number of hydrogen-bond donors (Lipinski definition) is 0. The van der Waals surface area contributed by atoms with Gasteiger partial charge in [-0.05, 0) is 24.1 Å². The fourth-order valence-corrected chi connectivity index (χ4v) is 1.37. The smallest absolute Gasteiger partial charge is 0.206 e. The van der Waals surface area contributed by atoms with Gasteiger partial charge in [0.1, 0.15) is 5.82 Å². The molecular weight excluding hydrogens is 244 g/mol. The van der Waals surface area contributed by atoms with E-state index in [-0.39, 0.29) is 5.02 Å². The first kappa shape index (κ1) is 15.2. The highest BCUT2D eigenvalue weighted by atomic mass is 35.5. The maximum absolute atomic E-state index is 12.9. The van der Waals surface area contributed by atoms with Crippen LogP contribution in [0.3, 0.4) is 0 Å². The SMILES string of the molecule is CC.CCc1cc(C(F)(F)F)c(F)cc1Cl. The van der Waals surface area contributed by atoms with E-state index >= 15 is 0 Å². The van der Waals surface area contributed by atoms with Crippen LogP contribution in [0.5, 0.6) is 0 Å². The zero-order valence-electron chi connectivity index (χ0n) is 9.25. The molecule has 0 radical (unpaired) electrons. The van der Waals surface area contributed by atoms with Crippen LogP contribution in [0.1, 0.15) is 31.9 Å². The van der Waals surface area contributed by atoms with Gasteiger partial charge in [-0.25, -0.2) is 4.39 Å². The van der Waals surface area contributed by atoms with Crippen molar-refractivity contribution in [2.45, 2.75) is 33.4 Å². The summed E-state index contributed by atoms with van der Waals surface area (Å²) in [5, 5.41) is 0.0259. The van der Waals surface area contributed by atoms with Crippen molar-refractivity contribution in [2.75, 3.05) is 0 Å². The summed E-state index contributed by atoms with van der Waals surface area (Å²) in [4.78, 5) is 0. The maximum atomic E-state index is 12.9. The third-order valence-corrected chi connectivity index (χ3v) is 2.17. The molecule has 0 unspecified atom stereocenters. The molecule has 0 atom stereocenters. The predicted octanol–water partition coefficient (Wildman–Crippen LogP) is 5.09. The van der Waals surface area contributed by atoms with E-state index in [1.807, 2.05) is 13.8 Å². The zero-order chi connectivity index (χ0) is 12.9. The molecule has 0 aliphatic carbocycles. The van der Waals surface area contributed by atoms with E-state index in [0.717, 1.165) is 6.07 Å². The molecule has 0 spiro atoms. The molecule has 92 valence electrons. The molecule has 1 rings (SSSR count). The molecule has 5 heteroatoms. The fourth-order valence-electron chi connectivity index (χ4n) is 1.08. The molecule has 0 saturated carbocycles. The van der Waals surface area contributed by atoms with Crippen LogP contribution in [0.2, 0.25) is 5.02 Å². The van der Waals surface area contributed by atoms with Crippen molar-refractivity contribution >= 4 is 11.6 Å². The lowest BCUT2D eigenvalue weighted by atomic mass is 10.1. The second kappa shape index (κ2) is 6.09. The minimum atomic E-state index is -4.67. The lowest BCUT2D eigenvalue weighted by Crippen LogP contribution is -2.09. The number of benzene rings is 1. The Morgan fingerprint density at radius 2 is 1.69 bits per heavy atom. The molecule has 16 heavy (non-hydrogen) atoms. The molecule has 0 heterocycles. The Hall–Kier alpha value is -0.770. The molecular formula is C11H13ClF4. The van der Waals surface area contributed by atoms with Crippen LogP contribution in [0.25, 0.3) is 0 Å². The first-order chi connectivity index (χ1) is 7.36. The van der Waals surface area contributed by atoms with Crippen LogP contribution in [0.4, 0.5) is 17.6 Å². The molecule has 0 saturated heterocycles. The minimum Gasteiger partial charge on any atom is -0.206 e. The summed E-state index contributed by atoms with van der Waals surface area (Å²) in [6.45, 7) is 5.65. The highest BCUT2D eigenvalue weighted by molar-refractivity contribution is 6.31. The van der Waals surface area contributed by atoms with E-state index in [1.165, 1.54) is 0 Å². The predicted molar refractivity (Wildman–Crippen MR) is 57.1 cm³/mol. The monoisotopic (exact) mass is 256 g/mol. The van der Waals surface area contributed by atoms with E-state index in [1.54, 1.807) is 6.92 Å². The summed E-state index contributed by atoms with van der Waals surface area (Å²) in [7, 11) is 0. The van der Waals surface area contributed by atoms with E-state index in [2.05, 4.69) is 0 Å². The number of hydrogen-bond acceptors (Lipinski definition) is 0. The fraction of sp³-hybridized carbons (Fsp3) is 0.455. The van der Waals surface area contributed by atoms with E-state index in [4.69, 9.17) is 11.6 Å². The normalized spacial score (nSPS) is 10.8. The third kappa shape index (κ3) is 3.67. The van der Waals surface area contributed by atoms with Gasteiger partial charge in [0, 0.05) is 5.02 Å². The summed E-state index contributed by atoms with van der Waals surface area (Å²) in [5.41, 5.74) is -0.973. The van der Waals surface area contributed by atoms with Crippen molar-refractivity contribution < 1.29 is 17.6 Å². The Morgan fingerprint density at radius 1 is 1.19 bits per heavy atom. The standard InChI is InChI=1S/C9H7ClF4.C2H6/c1-2-5-3-6(9(12,13)14)8(11)4-7(5)10;1-2/h3-4H,2H2,1H3;1-2H3. The molecule has 0 nitrogen and oxygen atoms in total. The molecule has 0 aliphatic rings. The summed E-state index contributed by atoms with van der Waals surface area (Å²) >= 11 is 5.54. The summed E-state index contributed by atoms with van der Waals surface area (Å²) < 4.78 is 49.5. The Labute approximate surface area is 97.2 Å². The highest BCUT2D eigenvalue weighted by Crippen LogP contribution is 2.34. The second-order valence-corrected chi connectivity index (χ2v) is 3.18. The first-order valence-corrected chi connectivity index (χ1v) is 5.29. The van der Waals surface area contributed by atoms with Gasteiger partial charge in [0.15, 0.2) is 0 Å². The van der Waals surface area contributed by atoms with E-state index in [9.17, 15) is 17.6 Å². The van der Waals surface area contributed by atoms with Crippen LogP contribution >= 0.6 is 11.6 Å². The molecule has 0 N–H and O–H groups in total. The Bertz CT molecular complexity index is 345. The lowest BCUT2D eigenvalue weighted by Gasteiger charge is -2.10. The van der Waals surface area contributed by atoms with Gasteiger partial charge in [0.25, 0.3) is 0 Å². The molecule has 1 aromatic carbocycles. The van der Waals surface area contributed by atoms with Gasteiger partial charge < -0.3 is 0 Å². The van der Waals surface area contributed by atoms with E-state index in [0.29, 0.717) is 18.1 Å². The van der Waals surface area contributed by atoms with Gasteiger partial charge in [-0.3, -0.25) is 0 Å². The van der Waals surface area contributed by atoms with Gasteiger partial charge in [0.2, 0.25) is 0 Å². The molecule has 1 aromatic rings. The lowest BCUT2D eigenvalue weighted by molar-refractivity contribution is -0.140. The summed E-state index contributed by atoms with van der Waals surface area (Å²) in [6.07, 6.45) is -4.33. The van der Waals surface area contributed by atoms with Gasteiger partial charge in [-0.2, -0.15) is 13.2 Å². The molecule has 0 aliphatic heterocycles. The first-order valence-electron chi connectivity index (χ1n) is 4.91. The van der Waals surface area contributed by atoms with Crippen molar-refractivity contribution in [3.8, 4) is 0 Å². The van der Waals surface area contributed by atoms with Crippen molar-refractivity contribution in [1.82, 2.24) is 0 Å². The average molecular weight is 257 g/mol. The minimum absolute atomic E-state index is 0.0259.